The average molecular weight is 505 g/mol. The van der Waals surface area contributed by atoms with E-state index in [2.05, 4.69) is 25.3 Å². The minimum Gasteiger partial charge on any atom is -0.507 e. The average Bonchev–Trinajstić information content (AvgIpc) is 2.92. The standard InChI is InChI=1S/C34H32O4/c1-3-17-37-33-27-13-7-15-29(33)22-30-16-8-14-28(34(30)38-18-4-2)21-26-12-6-10-24(32(26)36)19-23-9-5-11-25(20-27)31(23)35/h3-16,35-36H,1-2,17-22H2. The molecule has 4 aromatic rings. The molecule has 0 unspecified atom stereocenters. The number of phenolic OH excluding ortho intramolecular Hbond substituents is 2. The van der Waals surface area contributed by atoms with Gasteiger partial charge in [-0.15, -0.1) is 0 Å². The molecule has 0 saturated heterocycles. The maximum absolute atomic E-state index is 11.2. The van der Waals surface area contributed by atoms with Crippen molar-refractivity contribution in [2.75, 3.05) is 13.2 Å². The molecule has 192 valence electrons. The van der Waals surface area contributed by atoms with E-state index in [1.54, 1.807) is 12.2 Å². The summed E-state index contributed by atoms with van der Waals surface area (Å²) in [7, 11) is 0. The Balaban J connectivity index is 1.72. The highest BCUT2D eigenvalue weighted by Gasteiger charge is 2.19. The first kappa shape index (κ1) is 25.2. The number of para-hydroxylation sites is 4. The zero-order chi connectivity index (χ0) is 26.5. The minimum atomic E-state index is 0.245. The summed E-state index contributed by atoms with van der Waals surface area (Å²) in [5, 5.41) is 22.5. The maximum Gasteiger partial charge on any atom is 0.126 e. The Morgan fingerprint density at radius 3 is 1.08 bits per heavy atom. The van der Waals surface area contributed by atoms with E-state index in [4.69, 9.17) is 9.47 Å². The van der Waals surface area contributed by atoms with Crippen LogP contribution in [0.5, 0.6) is 23.0 Å². The fourth-order valence-electron chi connectivity index (χ4n) is 5.17. The van der Waals surface area contributed by atoms with Crippen molar-refractivity contribution in [3.63, 3.8) is 0 Å². The van der Waals surface area contributed by atoms with Crippen LogP contribution in [-0.4, -0.2) is 23.4 Å². The van der Waals surface area contributed by atoms with Crippen molar-refractivity contribution in [1.29, 1.82) is 0 Å². The second-order valence-corrected chi connectivity index (χ2v) is 9.57. The predicted molar refractivity (Wildman–Crippen MR) is 152 cm³/mol. The number of hydrogen-bond acceptors (Lipinski definition) is 4. The van der Waals surface area contributed by atoms with E-state index in [1.165, 1.54) is 0 Å². The summed E-state index contributed by atoms with van der Waals surface area (Å²) in [6, 6.07) is 23.9. The Hall–Kier alpha value is -4.44. The summed E-state index contributed by atoms with van der Waals surface area (Å²) in [6.07, 6.45) is 5.50. The number of fused-ring (bicyclic) bond motifs is 8. The Labute approximate surface area is 224 Å². The van der Waals surface area contributed by atoms with Gasteiger partial charge in [-0.25, -0.2) is 0 Å². The van der Waals surface area contributed by atoms with Crippen molar-refractivity contribution in [2.45, 2.75) is 25.7 Å². The van der Waals surface area contributed by atoms with Crippen LogP contribution in [0, 0.1) is 0 Å². The van der Waals surface area contributed by atoms with E-state index >= 15 is 0 Å². The van der Waals surface area contributed by atoms with Gasteiger partial charge in [-0.05, 0) is 44.5 Å². The summed E-state index contributed by atoms with van der Waals surface area (Å²) < 4.78 is 12.5. The fraction of sp³-hybridized carbons (Fsp3) is 0.176. The summed E-state index contributed by atoms with van der Waals surface area (Å²) in [5.41, 5.74) is 7.17. The molecule has 0 saturated carbocycles. The van der Waals surface area contributed by atoms with Crippen LogP contribution in [0.15, 0.2) is 98.1 Å². The molecule has 0 amide bonds. The van der Waals surface area contributed by atoms with Gasteiger partial charge in [-0.2, -0.15) is 0 Å². The maximum atomic E-state index is 11.2. The largest absolute Gasteiger partial charge is 0.507 e. The van der Waals surface area contributed by atoms with Crippen molar-refractivity contribution in [3.8, 4) is 23.0 Å². The molecule has 2 N–H and O–H groups in total. The van der Waals surface area contributed by atoms with Crippen LogP contribution in [0.25, 0.3) is 0 Å². The second kappa shape index (κ2) is 11.3. The zero-order valence-electron chi connectivity index (χ0n) is 21.5. The van der Waals surface area contributed by atoms with Gasteiger partial charge >= 0.3 is 0 Å². The third-order valence-corrected chi connectivity index (χ3v) is 6.98. The van der Waals surface area contributed by atoms with Crippen LogP contribution in [0.1, 0.15) is 44.5 Å². The first-order valence-corrected chi connectivity index (χ1v) is 12.9. The Morgan fingerprint density at radius 2 is 0.763 bits per heavy atom. The number of benzene rings is 4. The van der Waals surface area contributed by atoms with Crippen LogP contribution >= 0.6 is 0 Å². The molecule has 0 atom stereocenters. The van der Waals surface area contributed by atoms with Gasteiger partial charge in [0.15, 0.2) is 0 Å². The topological polar surface area (TPSA) is 58.9 Å². The molecule has 0 radical (unpaired) electrons. The Morgan fingerprint density at radius 1 is 0.500 bits per heavy atom. The third kappa shape index (κ3) is 5.16. The van der Waals surface area contributed by atoms with E-state index < -0.39 is 0 Å². The molecule has 0 fully saturated rings. The quantitative estimate of drug-likeness (QED) is 0.247. The molecule has 0 aromatic heterocycles. The molecule has 0 spiro atoms. The van der Waals surface area contributed by atoms with Crippen LogP contribution in [0.3, 0.4) is 0 Å². The van der Waals surface area contributed by atoms with E-state index in [1.807, 2.05) is 60.7 Å². The van der Waals surface area contributed by atoms with E-state index in [0.29, 0.717) is 38.9 Å². The minimum absolute atomic E-state index is 0.245. The Kier molecular flexibility index (Phi) is 7.50. The van der Waals surface area contributed by atoms with Gasteiger partial charge in [0.05, 0.1) is 0 Å². The number of phenols is 2. The molecule has 0 heterocycles. The fourth-order valence-corrected chi connectivity index (χ4v) is 5.17. The van der Waals surface area contributed by atoms with Gasteiger partial charge in [0.1, 0.15) is 36.2 Å². The summed E-state index contributed by atoms with van der Waals surface area (Å²) >= 11 is 0. The lowest BCUT2D eigenvalue weighted by atomic mass is 9.91. The van der Waals surface area contributed by atoms with Crippen LogP contribution in [0.4, 0.5) is 0 Å². The lowest BCUT2D eigenvalue weighted by Crippen LogP contribution is -2.07. The van der Waals surface area contributed by atoms with Crippen LogP contribution < -0.4 is 9.47 Å². The Bertz CT molecular complexity index is 1370. The number of aromatic hydroxyl groups is 2. The molecule has 5 rings (SSSR count). The van der Waals surface area contributed by atoms with Gasteiger partial charge in [-0.1, -0.05) is 98.1 Å². The van der Waals surface area contributed by atoms with Crippen molar-refractivity contribution in [1.82, 2.24) is 0 Å². The zero-order valence-corrected chi connectivity index (χ0v) is 21.5. The van der Waals surface area contributed by atoms with Gasteiger partial charge in [0, 0.05) is 25.7 Å². The highest BCUT2D eigenvalue weighted by atomic mass is 16.5. The SMILES string of the molecule is C=CCOc1c2cccc1Cc1cccc(c1OCC=C)Cc1cccc(c1O)Cc1cccc(c1O)C2. The normalized spacial score (nSPS) is 12.4. The first-order valence-electron chi connectivity index (χ1n) is 12.9. The lowest BCUT2D eigenvalue weighted by molar-refractivity contribution is 0.351. The van der Waals surface area contributed by atoms with Gasteiger partial charge in [0.2, 0.25) is 0 Å². The predicted octanol–water partition coefficient (Wildman–Crippen LogP) is 6.90. The molecular formula is C34H32O4. The molecule has 1 aliphatic rings. The number of ether oxygens (including phenoxy) is 2. The lowest BCUT2D eigenvalue weighted by Gasteiger charge is -2.20. The molecule has 4 nitrogen and oxygen atoms in total. The molecule has 4 aromatic carbocycles. The van der Waals surface area contributed by atoms with Crippen molar-refractivity contribution >= 4 is 0 Å². The second-order valence-electron chi connectivity index (χ2n) is 9.57. The van der Waals surface area contributed by atoms with Crippen molar-refractivity contribution in [3.05, 3.63) is 143 Å². The van der Waals surface area contributed by atoms with Crippen molar-refractivity contribution in [2.24, 2.45) is 0 Å². The highest BCUT2D eigenvalue weighted by Crippen LogP contribution is 2.37. The van der Waals surface area contributed by atoms with Gasteiger partial charge in [0.25, 0.3) is 0 Å². The molecule has 0 aliphatic heterocycles. The van der Waals surface area contributed by atoms with E-state index in [9.17, 15) is 10.2 Å². The third-order valence-electron chi connectivity index (χ3n) is 6.98. The smallest absolute Gasteiger partial charge is 0.126 e. The van der Waals surface area contributed by atoms with Gasteiger partial charge < -0.3 is 19.7 Å². The molecule has 4 heteroatoms. The van der Waals surface area contributed by atoms with Gasteiger partial charge in [-0.3, -0.25) is 0 Å². The van der Waals surface area contributed by atoms with Crippen LogP contribution in [0.2, 0.25) is 0 Å². The molecule has 38 heavy (non-hydrogen) atoms. The first-order chi connectivity index (χ1) is 18.6. The van der Waals surface area contributed by atoms with E-state index in [-0.39, 0.29) is 11.5 Å². The monoisotopic (exact) mass is 504 g/mol. The molecule has 8 bridgehead atoms. The number of hydrogen-bond donors (Lipinski definition) is 2. The van der Waals surface area contributed by atoms with Crippen LogP contribution in [-0.2, 0) is 25.7 Å². The summed E-state index contributed by atoms with van der Waals surface area (Å²) in [6.45, 7) is 8.42. The highest BCUT2D eigenvalue weighted by molar-refractivity contribution is 5.55. The molecule has 1 aliphatic carbocycles. The van der Waals surface area contributed by atoms with E-state index in [0.717, 1.165) is 56.0 Å². The number of rotatable bonds is 6. The summed E-state index contributed by atoms with van der Waals surface area (Å²) in [5.74, 6) is 2.09. The van der Waals surface area contributed by atoms with Crippen molar-refractivity contribution < 1.29 is 19.7 Å². The summed E-state index contributed by atoms with van der Waals surface area (Å²) in [4.78, 5) is 0. The molecular weight excluding hydrogens is 472 g/mol.